The Morgan fingerprint density at radius 2 is 2.08 bits per heavy atom. The van der Waals surface area contributed by atoms with Gasteiger partial charge in [0.25, 0.3) is 0 Å². The van der Waals surface area contributed by atoms with Crippen molar-refractivity contribution in [1.82, 2.24) is 9.62 Å². The molecule has 0 aromatic carbocycles. The smallest absolute Gasteiger partial charge is 0.328 e. The first kappa shape index (κ1) is 10.3. The van der Waals surface area contributed by atoms with Crippen LogP contribution in [-0.4, -0.2) is 53.6 Å². The molecule has 1 rings (SSSR count). The van der Waals surface area contributed by atoms with E-state index >= 15 is 0 Å². The number of ether oxygens (including phenoxy) is 1. The molecule has 1 aliphatic heterocycles. The van der Waals surface area contributed by atoms with Crippen molar-refractivity contribution in [3.05, 3.63) is 0 Å². The van der Waals surface area contributed by atoms with Crippen molar-refractivity contribution in [2.75, 3.05) is 32.6 Å². The van der Waals surface area contributed by atoms with Gasteiger partial charge in [-0.25, -0.2) is 9.00 Å². The number of nitrogens with zero attached hydrogens (tertiary/aromatic N) is 1. The Labute approximate surface area is 78.2 Å². The fourth-order valence-corrected chi connectivity index (χ4v) is 1.51. The second kappa shape index (κ2) is 3.97. The van der Waals surface area contributed by atoms with Crippen LogP contribution < -0.4 is 4.72 Å². The summed E-state index contributed by atoms with van der Waals surface area (Å²) in [6, 6.07) is -0.328. The molecule has 0 aliphatic carbocycles. The van der Waals surface area contributed by atoms with E-state index in [9.17, 15) is 9.00 Å². The predicted molar refractivity (Wildman–Crippen MR) is 52.1 cm³/mol. The van der Waals surface area contributed by atoms with Gasteiger partial charge in [-0.1, -0.05) is 0 Å². The van der Waals surface area contributed by atoms with E-state index in [2.05, 4.69) is 10.6 Å². The van der Waals surface area contributed by atoms with Crippen LogP contribution in [0.4, 0.5) is 4.79 Å². The molecule has 1 heterocycles. The van der Waals surface area contributed by atoms with Crippen LogP contribution in [0.25, 0.3) is 0 Å². The van der Waals surface area contributed by atoms with Crippen molar-refractivity contribution in [2.24, 2.45) is 0 Å². The van der Waals surface area contributed by atoms with Crippen molar-refractivity contribution >= 4 is 21.6 Å². The van der Waals surface area contributed by atoms with E-state index in [0.29, 0.717) is 26.3 Å². The van der Waals surface area contributed by atoms with Crippen LogP contribution in [0.3, 0.4) is 0 Å². The summed E-state index contributed by atoms with van der Waals surface area (Å²) in [7, 11) is -2.45. The molecule has 1 saturated heterocycles. The van der Waals surface area contributed by atoms with E-state index in [4.69, 9.17) is 4.74 Å². The highest BCUT2D eigenvalue weighted by atomic mass is 32.2. The summed E-state index contributed by atoms with van der Waals surface area (Å²) in [4.78, 5) is 12.9. The lowest BCUT2D eigenvalue weighted by Gasteiger charge is -2.27. The quantitative estimate of drug-likeness (QED) is 0.577. The van der Waals surface area contributed by atoms with Crippen LogP contribution in [0, 0.1) is 0 Å². The Morgan fingerprint density at radius 1 is 1.54 bits per heavy atom. The van der Waals surface area contributed by atoms with Gasteiger partial charge in [0.2, 0.25) is 0 Å². The van der Waals surface area contributed by atoms with Gasteiger partial charge in [-0.3, -0.25) is 4.72 Å². The van der Waals surface area contributed by atoms with Crippen LogP contribution in [0.15, 0.2) is 0 Å². The Kier molecular flexibility index (Phi) is 3.16. The minimum absolute atomic E-state index is 0.328. The molecule has 0 bridgehead atoms. The van der Waals surface area contributed by atoms with Crippen LogP contribution >= 0.6 is 0 Å². The first-order valence-corrected chi connectivity index (χ1v) is 6.09. The van der Waals surface area contributed by atoms with Gasteiger partial charge in [0.05, 0.1) is 13.2 Å². The minimum Gasteiger partial charge on any atom is -0.378 e. The van der Waals surface area contributed by atoms with E-state index in [1.165, 1.54) is 6.26 Å². The standard InChI is InChI=1S/C7H14N2O3S/c1-13(2,11)8-7(10)9-3-5-12-6-4-9/h1,3-6H2,2H3,(H,8,10,11). The SMILES string of the molecule is C=S(C)(=O)NC(=O)N1CCOCC1. The molecule has 5 nitrogen and oxygen atoms in total. The molecule has 0 spiro atoms. The average molecular weight is 206 g/mol. The monoisotopic (exact) mass is 206 g/mol. The van der Waals surface area contributed by atoms with E-state index < -0.39 is 9.71 Å². The van der Waals surface area contributed by atoms with Crippen molar-refractivity contribution in [2.45, 2.75) is 0 Å². The topological polar surface area (TPSA) is 58.6 Å². The third-order valence-electron chi connectivity index (χ3n) is 1.60. The largest absolute Gasteiger partial charge is 0.378 e. The number of amides is 2. The Balaban J connectivity index is 2.47. The lowest BCUT2D eigenvalue weighted by atomic mass is 10.4. The highest BCUT2D eigenvalue weighted by Gasteiger charge is 2.17. The lowest BCUT2D eigenvalue weighted by molar-refractivity contribution is 0.0546. The highest BCUT2D eigenvalue weighted by molar-refractivity contribution is 7.98. The van der Waals surface area contributed by atoms with E-state index in [-0.39, 0.29) is 6.03 Å². The third kappa shape index (κ3) is 3.65. The summed E-state index contributed by atoms with van der Waals surface area (Å²) >= 11 is 0. The summed E-state index contributed by atoms with van der Waals surface area (Å²) in [6.45, 7) is 2.16. The normalized spacial score (nSPS) is 22.1. The minimum atomic E-state index is -2.45. The number of rotatable bonds is 1. The number of hydrogen-bond acceptors (Lipinski definition) is 3. The van der Waals surface area contributed by atoms with Gasteiger partial charge in [0.1, 0.15) is 0 Å². The zero-order valence-electron chi connectivity index (χ0n) is 7.62. The molecule has 1 aliphatic rings. The van der Waals surface area contributed by atoms with Gasteiger partial charge < -0.3 is 9.64 Å². The van der Waals surface area contributed by atoms with E-state index in [1.54, 1.807) is 4.90 Å². The number of hydrogen-bond donors (Lipinski definition) is 1. The maximum absolute atomic E-state index is 11.4. The van der Waals surface area contributed by atoms with Crippen molar-refractivity contribution in [3.8, 4) is 0 Å². The zero-order valence-corrected chi connectivity index (χ0v) is 8.43. The second-order valence-electron chi connectivity index (χ2n) is 3.01. The molecule has 1 unspecified atom stereocenters. The average Bonchev–Trinajstić information content (AvgIpc) is 2.03. The maximum atomic E-state index is 11.4. The molecule has 1 fully saturated rings. The van der Waals surface area contributed by atoms with Crippen molar-refractivity contribution in [1.29, 1.82) is 0 Å². The Bertz CT molecular complexity index is 280. The molecule has 6 heteroatoms. The van der Waals surface area contributed by atoms with Gasteiger partial charge in [-0.05, 0) is 5.87 Å². The van der Waals surface area contributed by atoms with Crippen LogP contribution in [0.1, 0.15) is 0 Å². The molecule has 1 atom stereocenters. The molecular formula is C7H14N2O3S. The highest BCUT2D eigenvalue weighted by Crippen LogP contribution is 1.97. The summed E-state index contributed by atoms with van der Waals surface area (Å²) < 4.78 is 18.5. The van der Waals surface area contributed by atoms with Crippen LogP contribution in [-0.2, 0) is 14.4 Å². The Hall–Kier alpha value is -0.750. The molecule has 2 amide bonds. The molecule has 0 radical (unpaired) electrons. The van der Waals surface area contributed by atoms with Gasteiger partial charge in [0, 0.05) is 29.1 Å². The maximum Gasteiger partial charge on any atom is 0.328 e. The molecule has 0 saturated carbocycles. The summed E-state index contributed by atoms with van der Waals surface area (Å²) in [5.41, 5.74) is 0. The predicted octanol–water partition coefficient (Wildman–Crippen LogP) is -0.711. The number of carbonyl (C=O) groups is 1. The number of carbonyl (C=O) groups excluding carboxylic acids is 1. The molecule has 76 valence electrons. The van der Waals surface area contributed by atoms with Gasteiger partial charge in [-0.15, -0.1) is 0 Å². The van der Waals surface area contributed by atoms with Crippen molar-refractivity contribution < 1.29 is 13.7 Å². The van der Waals surface area contributed by atoms with E-state index in [0.717, 1.165) is 0 Å². The number of nitrogens with one attached hydrogen (secondary N) is 1. The number of urea groups is 1. The molecule has 0 aromatic heterocycles. The fourth-order valence-electron chi connectivity index (χ4n) is 1.02. The van der Waals surface area contributed by atoms with Gasteiger partial charge in [-0.2, -0.15) is 0 Å². The van der Waals surface area contributed by atoms with Crippen LogP contribution in [0.2, 0.25) is 0 Å². The summed E-state index contributed by atoms with van der Waals surface area (Å²) in [5.74, 6) is 3.34. The molecule has 1 N–H and O–H groups in total. The molecule has 0 aromatic rings. The number of morpholine rings is 1. The van der Waals surface area contributed by atoms with Gasteiger partial charge in [0.15, 0.2) is 0 Å². The summed E-state index contributed by atoms with van der Waals surface area (Å²) in [5, 5.41) is 0. The molecule has 13 heavy (non-hydrogen) atoms. The second-order valence-corrected chi connectivity index (χ2v) is 5.23. The first-order valence-electron chi connectivity index (χ1n) is 3.96. The lowest BCUT2D eigenvalue weighted by Crippen LogP contribution is -2.47. The third-order valence-corrected chi connectivity index (χ3v) is 2.21. The van der Waals surface area contributed by atoms with Gasteiger partial charge >= 0.3 is 6.03 Å². The summed E-state index contributed by atoms with van der Waals surface area (Å²) in [6.07, 6.45) is 1.39. The fraction of sp³-hybridized carbons (Fsp3) is 0.714. The van der Waals surface area contributed by atoms with Crippen LogP contribution in [0.5, 0.6) is 0 Å². The zero-order chi connectivity index (χ0) is 9.90. The van der Waals surface area contributed by atoms with Crippen molar-refractivity contribution in [3.63, 3.8) is 0 Å². The Morgan fingerprint density at radius 3 is 2.54 bits per heavy atom. The molecular weight excluding hydrogens is 192 g/mol. The first-order chi connectivity index (χ1) is 5.99. The van der Waals surface area contributed by atoms with E-state index in [1.807, 2.05) is 0 Å².